The molecule has 0 aromatic carbocycles. The molecule has 1 aliphatic rings. The molecule has 0 spiro atoms. The smallest absolute Gasteiger partial charge is 0.246 e. The lowest BCUT2D eigenvalue weighted by atomic mass is 9.91. The molecule has 0 aliphatic carbocycles. The van der Waals surface area contributed by atoms with Crippen LogP contribution in [-0.4, -0.2) is 34.8 Å². The second kappa shape index (κ2) is 4.90. The van der Waals surface area contributed by atoms with E-state index in [0.29, 0.717) is 13.0 Å². The lowest BCUT2D eigenvalue weighted by molar-refractivity contribution is -0.155. The van der Waals surface area contributed by atoms with Crippen molar-refractivity contribution in [2.75, 3.05) is 6.54 Å². The van der Waals surface area contributed by atoms with Crippen LogP contribution in [0.5, 0.6) is 0 Å². The van der Waals surface area contributed by atoms with E-state index in [2.05, 4.69) is 5.32 Å². The molecule has 96 valence electrons. The van der Waals surface area contributed by atoms with Crippen LogP contribution >= 0.6 is 0 Å². The summed E-state index contributed by atoms with van der Waals surface area (Å²) < 4.78 is 0. The van der Waals surface area contributed by atoms with E-state index in [9.17, 15) is 9.59 Å². The van der Waals surface area contributed by atoms with Crippen LogP contribution in [0.15, 0.2) is 11.6 Å². The van der Waals surface area contributed by atoms with E-state index in [1.54, 1.807) is 11.8 Å². The molecule has 2 unspecified atom stereocenters. The second-order valence-electron chi connectivity index (χ2n) is 5.05. The fourth-order valence-electron chi connectivity index (χ4n) is 1.93. The van der Waals surface area contributed by atoms with Gasteiger partial charge in [0.15, 0.2) is 0 Å². The van der Waals surface area contributed by atoms with Crippen LogP contribution in [0.1, 0.15) is 41.0 Å². The van der Waals surface area contributed by atoms with Gasteiger partial charge in [0.25, 0.3) is 0 Å². The van der Waals surface area contributed by atoms with Gasteiger partial charge in [-0.3, -0.25) is 9.59 Å². The molecular formula is C13H22N2O2. The number of amides is 2. The Morgan fingerprint density at radius 2 is 2.06 bits per heavy atom. The van der Waals surface area contributed by atoms with E-state index in [1.807, 2.05) is 33.8 Å². The van der Waals surface area contributed by atoms with E-state index >= 15 is 0 Å². The fraction of sp³-hybridized carbons (Fsp3) is 0.692. The monoisotopic (exact) mass is 238 g/mol. The SMILES string of the molecule is CCC1(C)C(=O)NC(C)C(=O)N1CC=C(C)C. The number of carbonyl (C=O) groups is 2. The third kappa shape index (κ3) is 2.51. The lowest BCUT2D eigenvalue weighted by Crippen LogP contribution is -2.68. The minimum atomic E-state index is -0.727. The van der Waals surface area contributed by atoms with Gasteiger partial charge < -0.3 is 10.2 Å². The Bertz CT molecular complexity index is 358. The molecule has 2 amide bonds. The number of hydrogen-bond donors (Lipinski definition) is 1. The van der Waals surface area contributed by atoms with Crippen molar-refractivity contribution in [1.82, 2.24) is 10.2 Å². The first kappa shape index (κ1) is 13.7. The largest absolute Gasteiger partial charge is 0.343 e. The summed E-state index contributed by atoms with van der Waals surface area (Å²) in [5.74, 6) is -0.0688. The predicted molar refractivity (Wildman–Crippen MR) is 67.4 cm³/mol. The zero-order valence-corrected chi connectivity index (χ0v) is 11.3. The van der Waals surface area contributed by atoms with Crippen molar-refractivity contribution in [2.45, 2.75) is 52.6 Å². The molecule has 1 saturated heterocycles. The van der Waals surface area contributed by atoms with Crippen LogP contribution in [0.3, 0.4) is 0 Å². The van der Waals surface area contributed by atoms with Gasteiger partial charge in [-0.15, -0.1) is 0 Å². The van der Waals surface area contributed by atoms with Crippen molar-refractivity contribution < 1.29 is 9.59 Å². The normalized spacial score (nSPS) is 29.0. The molecular weight excluding hydrogens is 216 g/mol. The third-order valence-electron chi connectivity index (χ3n) is 3.44. The van der Waals surface area contributed by atoms with E-state index in [1.165, 1.54) is 0 Å². The Morgan fingerprint density at radius 3 is 2.53 bits per heavy atom. The first-order valence-corrected chi connectivity index (χ1v) is 6.08. The van der Waals surface area contributed by atoms with Crippen molar-refractivity contribution in [3.05, 3.63) is 11.6 Å². The van der Waals surface area contributed by atoms with Crippen LogP contribution in [0.4, 0.5) is 0 Å². The average Bonchev–Trinajstić information content (AvgIpc) is 2.26. The van der Waals surface area contributed by atoms with Crippen LogP contribution in [0, 0.1) is 0 Å². The molecule has 0 saturated carbocycles. The molecule has 17 heavy (non-hydrogen) atoms. The number of hydrogen-bond acceptors (Lipinski definition) is 2. The molecule has 1 heterocycles. The number of nitrogens with zero attached hydrogens (tertiary/aromatic N) is 1. The van der Waals surface area contributed by atoms with E-state index < -0.39 is 11.6 Å². The maximum atomic E-state index is 12.1. The number of piperazine rings is 1. The number of carbonyl (C=O) groups excluding carboxylic acids is 2. The summed E-state index contributed by atoms with van der Waals surface area (Å²) in [7, 11) is 0. The van der Waals surface area contributed by atoms with Gasteiger partial charge in [0.05, 0.1) is 0 Å². The van der Waals surface area contributed by atoms with Gasteiger partial charge in [-0.1, -0.05) is 18.6 Å². The Morgan fingerprint density at radius 1 is 1.47 bits per heavy atom. The highest BCUT2D eigenvalue weighted by atomic mass is 16.2. The first-order valence-electron chi connectivity index (χ1n) is 6.08. The predicted octanol–water partition coefficient (Wildman–Crippen LogP) is 1.47. The first-order chi connectivity index (χ1) is 7.82. The van der Waals surface area contributed by atoms with Crippen molar-refractivity contribution in [3.8, 4) is 0 Å². The zero-order chi connectivity index (χ0) is 13.2. The van der Waals surface area contributed by atoms with Crippen molar-refractivity contribution in [1.29, 1.82) is 0 Å². The molecule has 2 atom stereocenters. The Kier molecular flexibility index (Phi) is 3.96. The van der Waals surface area contributed by atoms with Gasteiger partial charge in [-0.05, 0) is 34.1 Å². The van der Waals surface area contributed by atoms with Crippen LogP contribution in [0.2, 0.25) is 0 Å². The summed E-state index contributed by atoms with van der Waals surface area (Å²) in [4.78, 5) is 25.9. The number of allylic oxidation sites excluding steroid dienone is 1. The summed E-state index contributed by atoms with van der Waals surface area (Å²) in [6.07, 6.45) is 2.60. The van der Waals surface area contributed by atoms with E-state index in [0.717, 1.165) is 5.57 Å². The van der Waals surface area contributed by atoms with E-state index in [-0.39, 0.29) is 11.8 Å². The maximum absolute atomic E-state index is 12.1. The summed E-state index contributed by atoms with van der Waals surface area (Å²) in [6.45, 7) is 9.96. The molecule has 4 nitrogen and oxygen atoms in total. The zero-order valence-electron chi connectivity index (χ0n) is 11.3. The maximum Gasteiger partial charge on any atom is 0.246 e. The number of rotatable bonds is 3. The molecule has 1 aliphatic heterocycles. The standard InChI is InChI=1S/C13H22N2O2/c1-6-13(5)12(17)14-10(4)11(16)15(13)8-7-9(2)3/h7,10H,6,8H2,1-5H3,(H,14,17). The number of nitrogens with one attached hydrogen (secondary N) is 1. The summed E-state index contributed by atoms with van der Waals surface area (Å²) >= 11 is 0. The van der Waals surface area contributed by atoms with E-state index in [4.69, 9.17) is 0 Å². The molecule has 0 radical (unpaired) electrons. The Balaban J connectivity index is 3.03. The minimum absolute atomic E-state index is 0.00792. The summed E-state index contributed by atoms with van der Waals surface area (Å²) in [5, 5.41) is 2.74. The lowest BCUT2D eigenvalue weighted by Gasteiger charge is -2.44. The quantitative estimate of drug-likeness (QED) is 0.757. The molecule has 1 N–H and O–H groups in total. The van der Waals surface area contributed by atoms with Crippen molar-refractivity contribution in [2.24, 2.45) is 0 Å². The highest BCUT2D eigenvalue weighted by Crippen LogP contribution is 2.24. The molecule has 0 aromatic heterocycles. The summed E-state index contributed by atoms with van der Waals surface area (Å²) in [6, 6.07) is -0.423. The minimum Gasteiger partial charge on any atom is -0.343 e. The van der Waals surface area contributed by atoms with Crippen molar-refractivity contribution in [3.63, 3.8) is 0 Å². The highest BCUT2D eigenvalue weighted by molar-refractivity contribution is 5.99. The van der Waals surface area contributed by atoms with Crippen LogP contribution in [-0.2, 0) is 9.59 Å². The van der Waals surface area contributed by atoms with Gasteiger partial charge in [-0.25, -0.2) is 0 Å². The Labute approximate surface area is 103 Å². The van der Waals surface area contributed by atoms with Gasteiger partial charge in [0.2, 0.25) is 11.8 Å². The molecule has 0 aromatic rings. The van der Waals surface area contributed by atoms with Gasteiger partial charge in [0, 0.05) is 6.54 Å². The average molecular weight is 238 g/mol. The van der Waals surface area contributed by atoms with Crippen LogP contribution < -0.4 is 5.32 Å². The second-order valence-corrected chi connectivity index (χ2v) is 5.05. The molecule has 4 heteroatoms. The highest BCUT2D eigenvalue weighted by Gasteiger charge is 2.46. The Hall–Kier alpha value is -1.32. The van der Waals surface area contributed by atoms with Crippen molar-refractivity contribution >= 4 is 11.8 Å². The fourth-order valence-corrected chi connectivity index (χ4v) is 1.93. The molecule has 1 fully saturated rings. The van der Waals surface area contributed by atoms with Gasteiger partial charge >= 0.3 is 0 Å². The van der Waals surface area contributed by atoms with Gasteiger partial charge in [0.1, 0.15) is 11.6 Å². The summed E-state index contributed by atoms with van der Waals surface area (Å²) in [5.41, 5.74) is 0.421. The van der Waals surface area contributed by atoms with Gasteiger partial charge in [-0.2, -0.15) is 0 Å². The molecule has 0 bridgehead atoms. The molecule has 1 rings (SSSR count). The van der Waals surface area contributed by atoms with Crippen LogP contribution in [0.25, 0.3) is 0 Å². The third-order valence-corrected chi connectivity index (χ3v) is 3.44. The topological polar surface area (TPSA) is 49.4 Å².